The predicted octanol–water partition coefficient (Wildman–Crippen LogP) is 5.65. The molecule has 0 amide bonds. The molecule has 0 unspecified atom stereocenters. The van der Waals surface area contributed by atoms with Crippen LogP contribution < -0.4 is 5.32 Å². The Hall–Kier alpha value is -2.70. The molecule has 0 bridgehead atoms. The first-order valence-corrected chi connectivity index (χ1v) is 12.3. The second-order valence-corrected chi connectivity index (χ2v) is 10.1. The monoisotopic (exact) mass is 445 g/mol. The second-order valence-electron chi connectivity index (χ2n) is 9.07. The maximum absolute atomic E-state index is 5.16. The first kappa shape index (κ1) is 21.2. The van der Waals surface area contributed by atoms with Crippen molar-refractivity contribution in [1.82, 2.24) is 14.8 Å². The van der Waals surface area contributed by atoms with Crippen LogP contribution in [0.25, 0.3) is 0 Å². The van der Waals surface area contributed by atoms with Crippen LogP contribution >= 0.6 is 11.3 Å². The Morgan fingerprint density at radius 2 is 1.84 bits per heavy atom. The van der Waals surface area contributed by atoms with Crippen molar-refractivity contribution < 1.29 is 0 Å². The largest absolute Gasteiger partial charge is 0.352 e. The van der Waals surface area contributed by atoms with E-state index in [9.17, 15) is 0 Å². The van der Waals surface area contributed by atoms with E-state index in [2.05, 4.69) is 90.6 Å². The molecule has 166 valence electrons. The quantitative estimate of drug-likeness (QED) is 0.563. The first-order chi connectivity index (χ1) is 15.6. The van der Waals surface area contributed by atoms with E-state index in [1.807, 2.05) is 0 Å². The number of aromatic nitrogens is 1. The van der Waals surface area contributed by atoms with Crippen molar-refractivity contribution >= 4 is 33.5 Å². The predicted molar refractivity (Wildman–Crippen MR) is 135 cm³/mol. The number of aliphatic imine (C=N–C) groups is 1. The number of fused-ring (bicyclic) bond motifs is 2. The number of thiazole rings is 1. The Labute approximate surface area is 194 Å². The molecule has 1 saturated heterocycles. The standard InChI is InChI=1S/C26H31N5S/c1-18(2)25-29-23-24(27-21-11-7-8-12-22(21)28-26(23)32-25)31-16-15-30(3)20(17-31)14-13-19-9-5-4-6-10-19/h4-12,18,20,28H,13-17H2,1-3H3/t20-/m0/s1. The van der Waals surface area contributed by atoms with Gasteiger partial charge in [-0.1, -0.05) is 56.3 Å². The number of benzene rings is 2. The van der Waals surface area contributed by atoms with E-state index >= 15 is 0 Å². The van der Waals surface area contributed by atoms with Gasteiger partial charge in [0.05, 0.1) is 16.4 Å². The first-order valence-electron chi connectivity index (χ1n) is 11.5. The second kappa shape index (κ2) is 9.04. The summed E-state index contributed by atoms with van der Waals surface area (Å²) in [6.07, 6.45) is 2.24. The van der Waals surface area contributed by atoms with Crippen molar-refractivity contribution in [2.24, 2.45) is 4.99 Å². The molecule has 0 spiro atoms. The molecule has 1 aromatic heterocycles. The lowest BCUT2D eigenvalue weighted by molar-refractivity contribution is 0.134. The van der Waals surface area contributed by atoms with E-state index in [1.165, 1.54) is 5.56 Å². The number of amidine groups is 1. The molecule has 3 aromatic rings. The summed E-state index contributed by atoms with van der Waals surface area (Å²) in [5, 5.41) is 5.88. The average molecular weight is 446 g/mol. The summed E-state index contributed by atoms with van der Waals surface area (Å²) in [5.41, 5.74) is 4.45. The van der Waals surface area contributed by atoms with Crippen LogP contribution in [0.5, 0.6) is 0 Å². The Morgan fingerprint density at radius 1 is 1.06 bits per heavy atom. The molecule has 2 aliphatic rings. The fraction of sp³-hybridized carbons (Fsp3) is 0.385. The minimum absolute atomic E-state index is 0.399. The maximum atomic E-state index is 5.16. The summed E-state index contributed by atoms with van der Waals surface area (Å²) in [4.78, 5) is 15.2. The molecule has 5 rings (SSSR count). The molecule has 0 aliphatic carbocycles. The van der Waals surface area contributed by atoms with Gasteiger partial charge in [0.2, 0.25) is 0 Å². The van der Waals surface area contributed by atoms with Gasteiger partial charge in [0.1, 0.15) is 10.7 Å². The van der Waals surface area contributed by atoms with Crippen LogP contribution in [0.4, 0.5) is 16.4 Å². The SMILES string of the molecule is CC(C)c1nc2c(s1)Nc1ccccc1N=C2N1CCN(C)[C@@H](CCc2ccccc2)C1. The van der Waals surface area contributed by atoms with Crippen LogP contribution in [0.3, 0.4) is 0 Å². The number of piperazine rings is 1. The van der Waals surface area contributed by atoms with Gasteiger partial charge in [-0.3, -0.25) is 4.90 Å². The summed E-state index contributed by atoms with van der Waals surface area (Å²) in [7, 11) is 2.25. The van der Waals surface area contributed by atoms with Gasteiger partial charge in [0, 0.05) is 31.6 Å². The van der Waals surface area contributed by atoms with E-state index in [1.54, 1.807) is 11.3 Å². The van der Waals surface area contributed by atoms with Gasteiger partial charge in [0.15, 0.2) is 5.84 Å². The number of hydrogen-bond acceptors (Lipinski definition) is 6. The third-order valence-electron chi connectivity index (χ3n) is 6.41. The molecule has 1 fully saturated rings. The zero-order valence-electron chi connectivity index (χ0n) is 19.1. The molecule has 2 aliphatic heterocycles. The number of nitrogens with zero attached hydrogens (tertiary/aromatic N) is 4. The number of rotatable bonds is 4. The fourth-order valence-corrected chi connectivity index (χ4v) is 5.41. The summed E-state index contributed by atoms with van der Waals surface area (Å²) >= 11 is 1.76. The molecular weight excluding hydrogens is 414 g/mol. The van der Waals surface area contributed by atoms with Gasteiger partial charge in [-0.25, -0.2) is 9.98 Å². The highest BCUT2D eigenvalue weighted by atomic mass is 32.1. The molecule has 0 radical (unpaired) electrons. The van der Waals surface area contributed by atoms with Crippen LogP contribution in [0.1, 0.15) is 42.5 Å². The summed E-state index contributed by atoms with van der Waals surface area (Å²) in [6.45, 7) is 7.38. The summed E-state index contributed by atoms with van der Waals surface area (Å²) in [5.74, 6) is 1.41. The zero-order valence-corrected chi connectivity index (χ0v) is 19.9. The minimum Gasteiger partial charge on any atom is -0.352 e. The van der Waals surface area contributed by atoms with Crippen molar-refractivity contribution in [1.29, 1.82) is 0 Å². The zero-order chi connectivity index (χ0) is 22.1. The van der Waals surface area contributed by atoms with Gasteiger partial charge in [-0.2, -0.15) is 0 Å². The van der Waals surface area contributed by atoms with Crippen LogP contribution in [0.2, 0.25) is 0 Å². The molecule has 5 nitrogen and oxygen atoms in total. The Kier molecular flexibility index (Phi) is 5.98. The number of para-hydroxylation sites is 2. The summed E-state index contributed by atoms with van der Waals surface area (Å²) in [6, 6.07) is 19.6. The van der Waals surface area contributed by atoms with E-state index in [4.69, 9.17) is 9.98 Å². The van der Waals surface area contributed by atoms with Crippen molar-refractivity contribution in [3.63, 3.8) is 0 Å². The number of anilines is 2. The topological polar surface area (TPSA) is 43.8 Å². The molecule has 2 aromatic carbocycles. The molecule has 6 heteroatoms. The van der Waals surface area contributed by atoms with Crippen LogP contribution in [0.15, 0.2) is 59.6 Å². The minimum atomic E-state index is 0.399. The van der Waals surface area contributed by atoms with Crippen molar-refractivity contribution in [2.45, 2.75) is 38.6 Å². The Bertz CT molecular complexity index is 1100. The highest BCUT2D eigenvalue weighted by molar-refractivity contribution is 7.16. The lowest BCUT2D eigenvalue weighted by Crippen LogP contribution is -2.53. The van der Waals surface area contributed by atoms with Crippen LogP contribution in [-0.4, -0.2) is 53.3 Å². The van der Waals surface area contributed by atoms with Gasteiger partial charge in [-0.05, 0) is 37.6 Å². The van der Waals surface area contributed by atoms with Crippen LogP contribution in [-0.2, 0) is 6.42 Å². The molecule has 32 heavy (non-hydrogen) atoms. The normalized spacial score (nSPS) is 18.6. The van der Waals surface area contributed by atoms with Crippen molar-refractivity contribution in [2.75, 3.05) is 32.0 Å². The van der Waals surface area contributed by atoms with Crippen molar-refractivity contribution in [3.8, 4) is 0 Å². The van der Waals surface area contributed by atoms with Gasteiger partial charge in [0.25, 0.3) is 0 Å². The van der Waals surface area contributed by atoms with Gasteiger partial charge < -0.3 is 10.2 Å². The smallest absolute Gasteiger partial charge is 0.158 e. The van der Waals surface area contributed by atoms with Crippen molar-refractivity contribution in [3.05, 3.63) is 70.9 Å². The molecule has 1 N–H and O–H groups in total. The number of hydrogen-bond donors (Lipinski definition) is 1. The highest BCUT2D eigenvalue weighted by Crippen LogP contribution is 2.39. The lowest BCUT2D eigenvalue weighted by atomic mass is 10.0. The third-order valence-corrected chi connectivity index (χ3v) is 7.69. The Balaban J connectivity index is 1.44. The number of aryl methyl sites for hydroxylation is 1. The fourth-order valence-electron chi connectivity index (χ4n) is 4.43. The molecule has 0 saturated carbocycles. The van der Waals surface area contributed by atoms with Gasteiger partial charge in [-0.15, -0.1) is 11.3 Å². The molecular formula is C26H31N5S. The van der Waals surface area contributed by atoms with E-state index < -0.39 is 0 Å². The van der Waals surface area contributed by atoms with Gasteiger partial charge >= 0.3 is 0 Å². The lowest BCUT2D eigenvalue weighted by Gasteiger charge is -2.40. The van der Waals surface area contributed by atoms with Crippen LogP contribution in [0, 0.1) is 0 Å². The number of nitrogens with one attached hydrogen (secondary N) is 1. The highest BCUT2D eigenvalue weighted by Gasteiger charge is 2.31. The average Bonchev–Trinajstić information content (AvgIpc) is 3.16. The van der Waals surface area contributed by atoms with E-state index in [0.29, 0.717) is 12.0 Å². The Morgan fingerprint density at radius 3 is 2.66 bits per heavy atom. The maximum Gasteiger partial charge on any atom is 0.158 e. The van der Waals surface area contributed by atoms with E-state index in [-0.39, 0.29) is 0 Å². The molecule has 3 heterocycles. The third kappa shape index (κ3) is 4.30. The summed E-state index contributed by atoms with van der Waals surface area (Å²) < 4.78 is 0. The van der Waals surface area contributed by atoms with E-state index in [0.717, 1.165) is 65.4 Å². The molecule has 1 atom stereocenters. The number of likely N-dealkylation sites (N-methyl/N-ethyl adjacent to an activating group) is 1.